The monoisotopic (exact) mass is 438 g/mol. The molecule has 1 aliphatic carbocycles. The summed E-state index contributed by atoms with van der Waals surface area (Å²) >= 11 is 0. The molecule has 6 nitrogen and oxygen atoms in total. The summed E-state index contributed by atoms with van der Waals surface area (Å²) in [6.45, 7) is 7.02. The molecule has 0 saturated heterocycles. The number of nitrogens with one attached hydrogen (secondary N) is 1. The molecule has 0 spiro atoms. The van der Waals surface area contributed by atoms with Crippen LogP contribution in [0.3, 0.4) is 0 Å². The quantitative estimate of drug-likeness (QED) is 0.548. The van der Waals surface area contributed by atoms with Gasteiger partial charge in [-0.3, -0.25) is 0 Å². The lowest BCUT2D eigenvalue weighted by Gasteiger charge is -2.20. The van der Waals surface area contributed by atoms with E-state index in [1.165, 1.54) is 22.3 Å². The number of rotatable bonds is 8. The topological polar surface area (TPSA) is 67.9 Å². The summed E-state index contributed by atoms with van der Waals surface area (Å²) in [4.78, 5) is 25.7. The number of amides is 2. The van der Waals surface area contributed by atoms with E-state index in [0.717, 1.165) is 19.3 Å². The van der Waals surface area contributed by atoms with Crippen molar-refractivity contribution in [1.82, 2.24) is 10.2 Å². The first-order chi connectivity index (χ1) is 15.3. The Balaban J connectivity index is 1.38. The molecule has 0 bridgehead atoms. The molecule has 6 heteroatoms. The van der Waals surface area contributed by atoms with Crippen molar-refractivity contribution in [3.63, 3.8) is 0 Å². The van der Waals surface area contributed by atoms with Gasteiger partial charge >= 0.3 is 12.2 Å². The fourth-order valence-electron chi connectivity index (χ4n) is 3.95. The Morgan fingerprint density at radius 1 is 0.938 bits per heavy atom. The fraction of sp³-hybridized carbons (Fsp3) is 0.462. The fourth-order valence-corrected chi connectivity index (χ4v) is 3.95. The molecule has 0 aromatic heterocycles. The number of ether oxygens (including phenoxy) is 2. The molecule has 2 amide bonds. The Bertz CT molecular complexity index is 890. The number of carbonyl (C=O) groups excluding carboxylic acids is 2. The van der Waals surface area contributed by atoms with E-state index < -0.39 is 11.7 Å². The van der Waals surface area contributed by atoms with Gasteiger partial charge in [0.25, 0.3) is 0 Å². The van der Waals surface area contributed by atoms with Gasteiger partial charge < -0.3 is 19.7 Å². The largest absolute Gasteiger partial charge is 0.448 e. The van der Waals surface area contributed by atoms with E-state index in [9.17, 15) is 9.59 Å². The van der Waals surface area contributed by atoms with Crippen LogP contribution in [0.2, 0.25) is 0 Å². The highest BCUT2D eigenvalue weighted by Crippen LogP contribution is 2.44. The van der Waals surface area contributed by atoms with Gasteiger partial charge in [-0.15, -0.1) is 0 Å². The molecule has 0 unspecified atom stereocenters. The van der Waals surface area contributed by atoms with Gasteiger partial charge in [-0.2, -0.15) is 0 Å². The van der Waals surface area contributed by atoms with Crippen molar-refractivity contribution in [3.05, 3.63) is 59.7 Å². The summed E-state index contributed by atoms with van der Waals surface area (Å²) in [6, 6.07) is 16.6. The van der Waals surface area contributed by atoms with Crippen molar-refractivity contribution >= 4 is 12.2 Å². The third-order valence-electron chi connectivity index (χ3n) is 5.49. The van der Waals surface area contributed by atoms with E-state index in [-0.39, 0.29) is 12.0 Å². The van der Waals surface area contributed by atoms with Crippen LogP contribution in [0, 0.1) is 0 Å². The molecule has 32 heavy (non-hydrogen) atoms. The highest BCUT2D eigenvalue weighted by Gasteiger charge is 2.29. The lowest BCUT2D eigenvalue weighted by Crippen LogP contribution is -2.33. The van der Waals surface area contributed by atoms with Crippen LogP contribution < -0.4 is 5.32 Å². The zero-order valence-corrected chi connectivity index (χ0v) is 19.5. The Kier molecular flexibility index (Phi) is 7.78. The highest BCUT2D eigenvalue weighted by molar-refractivity contribution is 5.79. The van der Waals surface area contributed by atoms with Crippen molar-refractivity contribution < 1.29 is 19.1 Å². The minimum atomic E-state index is -0.490. The normalized spacial score (nSPS) is 12.6. The summed E-state index contributed by atoms with van der Waals surface area (Å²) < 4.78 is 10.9. The zero-order chi connectivity index (χ0) is 23.1. The second kappa shape index (κ2) is 10.5. The number of benzene rings is 2. The summed E-state index contributed by atoms with van der Waals surface area (Å²) in [5.74, 6) is 0.0682. The molecule has 0 atom stereocenters. The number of carbonyl (C=O) groups is 2. The Labute approximate surface area is 190 Å². The van der Waals surface area contributed by atoms with Crippen LogP contribution in [0.5, 0.6) is 0 Å². The van der Waals surface area contributed by atoms with Crippen molar-refractivity contribution in [2.24, 2.45) is 0 Å². The van der Waals surface area contributed by atoms with Crippen LogP contribution in [0.25, 0.3) is 11.1 Å². The third kappa shape index (κ3) is 6.25. The van der Waals surface area contributed by atoms with Gasteiger partial charge in [-0.1, -0.05) is 48.5 Å². The van der Waals surface area contributed by atoms with Gasteiger partial charge in [-0.25, -0.2) is 9.59 Å². The lowest BCUT2D eigenvalue weighted by molar-refractivity contribution is 0.0527. The minimum Gasteiger partial charge on any atom is -0.448 e. The average Bonchev–Trinajstić information content (AvgIpc) is 3.07. The predicted octanol–water partition coefficient (Wildman–Crippen LogP) is 5.56. The molecule has 2 aromatic carbocycles. The zero-order valence-electron chi connectivity index (χ0n) is 19.5. The highest BCUT2D eigenvalue weighted by atomic mass is 16.6. The maximum Gasteiger partial charge on any atom is 0.409 e. The maximum absolute atomic E-state index is 12.5. The van der Waals surface area contributed by atoms with Crippen molar-refractivity contribution in [3.8, 4) is 11.1 Å². The standard InChI is InChI=1S/C26H34N2O4/c1-26(2,3)32-24(29)27-16-10-5-11-17-28(4)25(30)31-18-23-21-14-8-6-12-19(21)20-13-7-9-15-22(20)23/h6-9,12-15,23H,5,10-11,16-18H2,1-4H3,(H,27,29). The molecule has 2 aromatic rings. The summed E-state index contributed by atoms with van der Waals surface area (Å²) in [5, 5.41) is 2.75. The van der Waals surface area contributed by atoms with Gasteiger partial charge in [-0.05, 0) is 62.3 Å². The SMILES string of the molecule is CN(CCCCCNC(=O)OC(C)(C)C)C(=O)OCC1c2ccccc2-c2ccccc21. The first-order valence-corrected chi connectivity index (χ1v) is 11.3. The Morgan fingerprint density at radius 3 is 2.12 bits per heavy atom. The van der Waals surface area contributed by atoms with E-state index in [0.29, 0.717) is 19.7 Å². The predicted molar refractivity (Wildman–Crippen MR) is 126 cm³/mol. The van der Waals surface area contributed by atoms with E-state index in [1.54, 1.807) is 11.9 Å². The van der Waals surface area contributed by atoms with Crippen molar-refractivity contribution in [1.29, 1.82) is 0 Å². The van der Waals surface area contributed by atoms with Gasteiger partial charge in [0.2, 0.25) is 0 Å². The molecule has 1 N–H and O–H groups in total. The first kappa shape index (κ1) is 23.6. The van der Waals surface area contributed by atoms with Crippen LogP contribution in [0.1, 0.15) is 57.1 Å². The van der Waals surface area contributed by atoms with E-state index in [1.807, 2.05) is 45.0 Å². The number of unbranched alkanes of at least 4 members (excludes halogenated alkanes) is 2. The van der Waals surface area contributed by atoms with E-state index >= 15 is 0 Å². The second-order valence-corrected chi connectivity index (χ2v) is 9.21. The summed E-state index contributed by atoms with van der Waals surface area (Å²) in [6.07, 6.45) is 1.87. The van der Waals surface area contributed by atoms with E-state index in [4.69, 9.17) is 9.47 Å². The first-order valence-electron chi connectivity index (χ1n) is 11.3. The minimum absolute atomic E-state index is 0.0682. The second-order valence-electron chi connectivity index (χ2n) is 9.21. The molecule has 0 heterocycles. The molecular weight excluding hydrogens is 404 g/mol. The molecule has 0 saturated carbocycles. The smallest absolute Gasteiger partial charge is 0.409 e. The number of alkyl carbamates (subject to hydrolysis) is 1. The van der Waals surface area contributed by atoms with Crippen LogP contribution in [0.4, 0.5) is 9.59 Å². The van der Waals surface area contributed by atoms with Gasteiger partial charge in [0, 0.05) is 26.1 Å². The summed E-state index contributed by atoms with van der Waals surface area (Å²) in [5.41, 5.74) is 4.37. The lowest BCUT2D eigenvalue weighted by atomic mass is 9.98. The number of nitrogens with zero attached hydrogens (tertiary/aromatic N) is 1. The van der Waals surface area contributed by atoms with Gasteiger partial charge in [0.15, 0.2) is 0 Å². The van der Waals surface area contributed by atoms with Crippen molar-refractivity contribution in [2.45, 2.75) is 51.6 Å². The van der Waals surface area contributed by atoms with Crippen LogP contribution in [-0.2, 0) is 9.47 Å². The molecule has 0 aliphatic heterocycles. The number of hydrogen-bond donors (Lipinski definition) is 1. The van der Waals surface area contributed by atoms with Gasteiger partial charge in [0.1, 0.15) is 12.2 Å². The van der Waals surface area contributed by atoms with E-state index in [2.05, 4.69) is 29.6 Å². The van der Waals surface area contributed by atoms with Crippen molar-refractivity contribution in [2.75, 3.05) is 26.7 Å². The molecule has 3 rings (SSSR count). The summed E-state index contributed by atoms with van der Waals surface area (Å²) in [7, 11) is 1.76. The Hall–Kier alpha value is -3.02. The van der Waals surface area contributed by atoms with Crippen LogP contribution in [-0.4, -0.2) is 49.4 Å². The van der Waals surface area contributed by atoms with Gasteiger partial charge in [0.05, 0.1) is 0 Å². The molecule has 172 valence electrons. The maximum atomic E-state index is 12.5. The molecule has 1 aliphatic rings. The molecule has 0 radical (unpaired) electrons. The Morgan fingerprint density at radius 2 is 1.53 bits per heavy atom. The number of hydrogen-bond acceptors (Lipinski definition) is 4. The van der Waals surface area contributed by atoms with Crippen LogP contribution in [0.15, 0.2) is 48.5 Å². The molecule has 0 fully saturated rings. The molecular formula is C26H34N2O4. The third-order valence-corrected chi connectivity index (χ3v) is 5.49. The van der Waals surface area contributed by atoms with Crippen LogP contribution >= 0.6 is 0 Å². The average molecular weight is 439 g/mol. The number of fused-ring (bicyclic) bond motifs is 3.